The first-order valence-corrected chi connectivity index (χ1v) is 9.66. The smallest absolute Gasteiger partial charge is 0.341 e. The van der Waals surface area contributed by atoms with Gasteiger partial charge in [-0.1, -0.05) is 48.2 Å². The highest BCUT2D eigenvalue weighted by atomic mass is 32.2. The molecule has 2 aromatic carbocycles. The van der Waals surface area contributed by atoms with E-state index in [0.717, 1.165) is 11.3 Å². The second-order valence-electron chi connectivity index (χ2n) is 5.67. The first-order chi connectivity index (χ1) is 13.5. The van der Waals surface area contributed by atoms with Crippen LogP contribution in [0.2, 0.25) is 0 Å². The van der Waals surface area contributed by atoms with E-state index in [1.54, 1.807) is 24.3 Å². The number of carbonyl (C=O) groups excluding carboxylic acids is 1. The lowest BCUT2D eigenvalue weighted by Gasteiger charge is -2.14. The molecule has 1 fully saturated rings. The lowest BCUT2D eigenvalue weighted by Crippen LogP contribution is -2.27. The molecule has 8 heteroatoms. The molecule has 0 bridgehead atoms. The van der Waals surface area contributed by atoms with Crippen molar-refractivity contribution in [2.24, 2.45) is 0 Å². The minimum atomic E-state index is -1.07. The van der Waals surface area contributed by atoms with Gasteiger partial charge in [0, 0.05) is 0 Å². The van der Waals surface area contributed by atoms with Gasteiger partial charge in [-0.25, -0.2) is 4.79 Å². The topological polar surface area (TPSA) is 76.1 Å². The zero-order chi connectivity index (χ0) is 20.1. The molecule has 3 rings (SSSR count). The number of para-hydroxylation sites is 1. The van der Waals surface area contributed by atoms with Gasteiger partial charge in [-0.2, -0.15) is 0 Å². The summed E-state index contributed by atoms with van der Waals surface area (Å²) in [5, 5.41) is 8.78. The fourth-order valence-electron chi connectivity index (χ4n) is 2.56. The van der Waals surface area contributed by atoms with Gasteiger partial charge in [-0.15, -0.1) is 0 Å². The molecule has 1 heterocycles. The van der Waals surface area contributed by atoms with Crippen LogP contribution in [0.1, 0.15) is 12.5 Å². The number of nitrogens with zero attached hydrogens (tertiary/aromatic N) is 1. The minimum Gasteiger partial charge on any atom is -0.490 e. The number of ether oxygens (including phenoxy) is 2. The molecule has 0 radical (unpaired) electrons. The van der Waals surface area contributed by atoms with Crippen LogP contribution in [0.15, 0.2) is 53.4 Å². The van der Waals surface area contributed by atoms with Crippen LogP contribution < -0.4 is 14.4 Å². The van der Waals surface area contributed by atoms with Crippen molar-refractivity contribution >= 4 is 51.9 Å². The van der Waals surface area contributed by atoms with Crippen LogP contribution in [0.5, 0.6) is 11.5 Å². The van der Waals surface area contributed by atoms with Crippen molar-refractivity contribution in [2.75, 3.05) is 18.1 Å². The van der Waals surface area contributed by atoms with Crippen molar-refractivity contribution < 1.29 is 24.2 Å². The van der Waals surface area contributed by atoms with Crippen molar-refractivity contribution in [2.45, 2.75) is 6.92 Å². The van der Waals surface area contributed by atoms with E-state index in [0.29, 0.717) is 27.3 Å². The Kier molecular flexibility index (Phi) is 6.33. The Morgan fingerprint density at radius 2 is 1.93 bits per heavy atom. The Morgan fingerprint density at radius 1 is 1.18 bits per heavy atom. The average Bonchev–Trinajstić information content (AvgIpc) is 2.95. The normalized spacial score (nSPS) is 15.2. The summed E-state index contributed by atoms with van der Waals surface area (Å²) in [6, 6.07) is 14.3. The molecule has 1 amide bonds. The number of rotatable bonds is 7. The quantitative estimate of drug-likeness (QED) is 0.542. The fourth-order valence-corrected chi connectivity index (χ4v) is 3.86. The number of amides is 1. The molecule has 2 aromatic rings. The van der Waals surface area contributed by atoms with Crippen molar-refractivity contribution in [3.63, 3.8) is 0 Å². The van der Waals surface area contributed by atoms with Gasteiger partial charge >= 0.3 is 5.97 Å². The van der Waals surface area contributed by atoms with E-state index in [2.05, 4.69) is 0 Å². The number of anilines is 1. The third-order valence-electron chi connectivity index (χ3n) is 3.72. The number of carbonyl (C=O) groups is 2. The second kappa shape index (κ2) is 8.90. The maximum absolute atomic E-state index is 12.8. The molecular formula is C20H17NO5S2. The summed E-state index contributed by atoms with van der Waals surface area (Å²) in [7, 11) is 0. The number of benzene rings is 2. The first-order valence-electron chi connectivity index (χ1n) is 8.44. The molecule has 0 aliphatic carbocycles. The highest BCUT2D eigenvalue weighted by Crippen LogP contribution is 2.37. The third kappa shape index (κ3) is 4.52. The molecule has 1 saturated heterocycles. The molecular weight excluding hydrogens is 398 g/mol. The molecule has 6 nitrogen and oxygen atoms in total. The van der Waals surface area contributed by atoms with Gasteiger partial charge in [0.2, 0.25) is 0 Å². The number of hydrogen-bond acceptors (Lipinski definition) is 6. The summed E-state index contributed by atoms with van der Waals surface area (Å²) in [5.41, 5.74) is 1.44. The molecule has 0 aromatic heterocycles. The lowest BCUT2D eigenvalue weighted by molar-refractivity contribution is -0.139. The highest BCUT2D eigenvalue weighted by Gasteiger charge is 2.33. The maximum Gasteiger partial charge on any atom is 0.341 e. The Balaban J connectivity index is 1.86. The van der Waals surface area contributed by atoms with Crippen LogP contribution in [0.4, 0.5) is 5.69 Å². The third-order valence-corrected chi connectivity index (χ3v) is 5.03. The molecule has 1 aliphatic rings. The second-order valence-corrected chi connectivity index (χ2v) is 7.35. The first kappa shape index (κ1) is 19.9. The van der Waals surface area contributed by atoms with Gasteiger partial charge in [0.05, 0.1) is 17.2 Å². The maximum atomic E-state index is 12.8. The number of carboxylic acids is 1. The predicted octanol–water partition coefficient (Wildman–Crippen LogP) is 3.95. The monoisotopic (exact) mass is 415 g/mol. The van der Waals surface area contributed by atoms with Crippen LogP contribution in [0, 0.1) is 0 Å². The number of carboxylic acid groups (broad SMARTS) is 1. The number of hydrogen-bond donors (Lipinski definition) is 1. The van der Waals surface area contributed by atoms with Crippen LogP contribution >= 0.6 is 24.0 Å². The Hall–Kier alpha value is -2.84. The van der Waals surface area contributed by atoms with Crippen molar-refractivity contribution in [3.05, 3.63) is 59.0 Å². The van der Waals surface area contributed by atoms with E-state index in [-0.39, 0.29) is 5.91 Å². The van der Waals surface area contributed by atoms with Gasteiger partial charge in [0.1, 0.15) is 0 Å². The van der Waals surface area contributed by atoms with E-state index in [9.17, 15) is 9.59 Å². The van der Waals surface area contributed by atoms with Gasteiger partial charge in [0.15, 0.2) is 22.4 Å². The largest absolute Gasteiger partial charge is 0.490 e. The van der Waals surface area contributed by atoms with Crippen LogP contribution in [-0.4, -0.2) is 34.5 Å². The molecule has 1 aliphatic heterocycles. The molecule has 28 heavy (non-hydrogen) atoms. The number of aliphatic carboxylic acids is 1. The SMILES string of the molecule is CCOc1cc(C=C2SC(=S)N(c3ccccc3)C2=O)ccc1OCC(=O)O. The van der Waals surface area contributed by atoms with Crippen LogP contribution in [-0.2, 0) is 9.59 Å². The van der Waals surface area contributed by atoms with Gasteiger partial charge in [-0.05, 0) is 42.8 Å². The van der Waals surface area contributed by atoms with Crippen molar-refractivity contribution in [1.82, 2.24) is 0 Å². The Morgan fingerprint density at radius 3 is 2.61 bits per heavy atom. The molecule has 1 N–H and O–H groups in total. The standard InChI is InChI=1S/C20H17NO5S2/c1-2-25-16-10-13(8-9-15(16)26-12-18(22)23)11-17-19(24)21(20(27)28-17)14-6-4-3-5-7-14/h3-11H,2,12H2,1H3,(H,22,23). The average molecular weight is 415 g/mol. The summed E-state index contributed by atoms with van der Waals surface area (Å²) in [6.07, 6.45) is 1.73. The van der Waals surface area contributed by atoms with E-state index < -0.39 is 12.6 Å². The van der Waals surface area contributed by atoms with Gasteiger partial charge < -0.3 is 14.6 Å². The van der Waals surface area contributed by atoms with Crippen LogP contribution in [0.25, 0.3) is 6.08 Å². The molecule has 0 unspecified atom stereocenters. The summed E-state index contributed by atoms with van der Waals surface area (Å²) in [6.45, 7) is 1.75. The van der Waals surface area contributed by atoms with Gasteiger partial charge in [-0.3, -0.25) is 9.69 Å². The minimum absolute atomic E-state index is 0.189. The predicted molar refractivity (Wildman–Crippen MR) is 113 cm³/mol. The van der Waals surface area contributed by atoms with E-state index >= 15 is 0 Å². The van der Waals surface area contributed by atoms with Crippen LogP contribution in [0.3, 0.4) is 0 Å². The van der Waals surface area contributed by atoms with Gasteiger partial charge in [0.25, 0.3) is 5.91 Å². The fraction of sp³-hybridized carbons (Fsp3) is 0.150. The Labute approximate surface area is 171 Å². The molecule has 144 valence electrons. The molecule has 0 spiro atoms. The summed E-state index contributed by atoms with van der Waals surface area (Å²) in [4.78, 5) is 25.5. The summed E-state index contributed by atoms with van der Waals surface area (Å²) < 4.78 is 11.2. The molecule has 0 atom stereocenters. The molecule has 0 saturated carbocycles. The lowest BCUT2D eigenvalue weighted by atomic mass is 10.1. The summed E-state index contributed by atoms with van der Waals surface area (Å²) >= 11 is 6.60. The Bertz CT molecular complexity index is 943. The zero-order valence-electron chi connectivity index (χ0n) is 15.0. The van der Waals surface area contributed by atoms with Crippen molar-refractivity contribution in [3.8, 4) is 11.5 Å². The van der Waals surface area contributed by atoms with Crippen molar-refractivity contribution in [1.29, 1.82) is 0 Å². The van der Waals surface area contributed by atoms with E-state index in [4.69, 9.17) is 26.8 Å². The van der Waals surface area contributed by atoms with E-state index in [1.165, 1.54) is 16.7 Å². The highest BCUT2D eigenvalue weighted by molar-refractivity contribution is 8.27. The van der Waals surface area contributed by atoms with E-state index in [1.807, 2.05) is 37.3 Å². The zero-order valence-corrected chi connectivity index (χ0v) is 16.6. The number of thioether (sulfide) groups is 1. The summed E-state index contributed by atoms with van der Waals surface area (Å²) in [5.74, 6) is -0.518. The number of thiocarbonyl (C=S) groups is 1.